The molecule has 0 spiro atoms. The van der Waals surface area contributed by atoms with Crippen molar-refractivity contribution in [2.45, 2.75) is 6.18 Å². The van der Waals surface area contributed by atoms with E-state index in [2.05, 4.69) is 4.90 Å². The average Bonchev–Trinajstić information content (AvgIpc) is 2.51. The highest BCUT2D eigenvalue weighted by Gasteiger charge is 2.29. The fourth-order valence-corrected chi connectivity index (χ4v) is 2.13. The van der Waals surface area contributed by atoms with Crippen molar-refractivity contribution in [3.63, 3.8) is 0 Å². The quantitative estimate of drug-likeness (QED) is 0.824. The maximum Gasteiger partial charge on any atom is 0.422 e. The molecule has 0 bridgehead atoms. The first kappa shape index (κ1) is 17.4. The van der Waals surface area contributed by atoms with Gasteiger partial charge in [-0.15, -0.1) is 0 Å². The molecule has 1 aromatic carbocycles. The Labute approximate surface area is 132 Å². The van der Waals surface area contributed by atoms with E-state index in [0.29, 0.717) is 13.1 Å². The molecular formula is C15H19F3N2O3. The lowest BCUT2D eigenvalue weighted by atomic mass is 10.3. The van der Waals surface area contributed by atoms with Gasteiger partial charge < -0.3 is 19.3 Å². The molecule has 23 heavy (non-hydrogen) atoms. The number of likely N-dealkylation sites (N-methyl/N-ethyl adjacent to an activating group) is 1. The Morgan fingerprint density at radius 2 is 1.65 bits per heavy atom. The van der Waals surface area contributed by atoms with Gasteiger partial charge in [0.1, 0.15) is 0 Å². The number of hydrogen-bond acceptors (Lipinski definition) is 4. The van der Waals surface area contributed by atoms with Crippen LogP contribution in [0.5, 0.6) is 11.5 Å². The highest BCUT2D eigenvalue weighted by molar-refractivity contribution is 5.78. The van der Waals surface area contributed by atoms with Gasteiger partial charge in [-0.1, -0.05) is 12.1 Å². The highest BCUT2D eigenvalue weighted by atomic mass is 19.4. The number of ether oxygens (including phenoxy) is 2. The van der Waals surface area contributed by atoms with Gasteiger partial charge in [0, 0.05) is 26.2 Å². The molecule has 0 aromatic heterocycles. The predicted molar refractivity (Wildman–Crippen MR) is 77.6 cm³/mol. The zero-order chi connectivity index (χ0) is 16.9. The van der Waals surface area contributed by atoms with Gasteiger partial charge in [0.25, 0.3) is 5.91 Å². The summed E-state index contributed by atoms with van der Waals surface area (Å²) < 4.78 is 46.8. The normalized spacial score (nSPS) is 16.3. The van der Waals surface area contributed by atoms with Gasteiger partial charge in [0.05, 0.1) is 0 Å². The average molecular weight is 332 g/mol. The second-order valence-corrected chi connectivity index (χ2v) is 5.32. The van der Waals surface area contributed by atoms with Crippen molar-refractivity contribution in [1.29, 1.82) is 0 Å². The van der Waals surface area contributed by atoms with Crippen LogP contribution in [-0.2, 0) is 4.79 Å². The third-order valence-corrected chi connectivity index (χ3v) is 3.45. The molecule has 128 valence electrons. The van der Waals surface area contributed by atoms with E-state index in [-0.39, 0.29) is 24.0 Å². The van der Waals surface area contributed by atoms with Crippen molar-refractivity contribution in [2.24, 2.45) is 0 Å². The van der Waals surface area contributed by atoms with E-state index < -0.39 is 12.8 Å². The molecule has 0 aliphatic carbocycles. The summed E-state index contributed by atoms with van der Waals surface area (Å²) in [5, 5.41) is 0. The van der Waals surface area contributed by atoms with E-state index in [9.17, 15) is 18.0 Å². The summed E-state index contributed by atoms with van der Waals surface area (Å²) in [6.07, 6.45) is -4.43. The van der Waals surface area contributed by atoms with Crippen LogP contribution < -0.4 is 9.47 Å². The number of halogens is 3. The Kier molecular flexibility index (Phi) is 5.70. The van der Waals surface area contributed by atoms with Crippen molar-refractivity contribution < 1.29 is 27.4 Å². The summed E-state index contributed by atoms with van der Waals surface area (Å²) >= 11 is 0. The minimum absolute atomic E-state index is 0.0315. The van der Waals surface area contributed by atoms with Crippen LogP contribution in [0.3, 0.4) is 0 Å². The number of nitrogens with zero attached hydrogens (tertiary/aromatic N) is 2. The summed E-state index contributed by atoms with van der Waals surface area (Å²) in [6.45, 7) is 1.18. The van der Waals surface area contributed by atoms with Crippen LogP contribution in [0.15, 0.2) is 24.3 Å². The van der Waals surface area contributed by atoms with E-state index in [1.165, 1.54) is 12.1 Å². The molecule has 0 N–H and O–H groups in total. The summed E-state index contributed by atoms with van der Waals surface area (Å²) in [7, 11) is 1.98. The zero-order valence-electron chi connectivity index (χ0n) is 12.8. The number of carbonyl (C=O) groups excluding carboxylic acids is 1. The zero-order valence-corrected chi connectivity index (χ0v) is 12.8. The molecule has 1 heterocycles. The van der Waals surface area contributed by atoms with E-state index in [1.54, 1.807) is 17.0 Å². The number of rotatable bonds is 5. The Hall–Kier alpha value is -1.96. The standard InChI is InChI=1S/C15H19F3N2O3/c1-19-6-8-20(9-7-19)14(21)10-22-12-4-2-3-5-13(12)23-11-15(16,17)18/h2-5H,6-11H2,1H3. The number of alkyl halides is 3. The topological polar surface area (TPSA) is 42.0 Å². The molecule has 5 nitrogen and oxygen atoms in total. The van der Waals surface area contributed by atoms with Gasteiger partial charge in [-0.2, -0.15) is 13.2 Å². The van der Waals surface area contributed by atoms with Crippen LogP contribution in [0.2, 0.25) is 0 Å². The van der Waals surface area contributed by atoms with Gasteiger partial charge in [-0.05, 0) is 19.2 Å². The fraction of sp³-hybridized carbons (Fsp3) is 0.533. The highest BCUT2D eigenvalue weighted by Crippen LogP contribution is 2.28. The number of hydrogen-bond donors (Lipinski definition) is 0. The number of benzene rings is 1. The largest absolute Gasteiger partial charge is 0.480 e. The van der Waals surface area contributed by atoms with Crippen molar-refractivity contribution in [1.82, 2.24) is 9.80 Å². The molecule has 1 saturated heterocycles. The predicted octanol–water partition coefficient (Wildman–Crippen LogP) is 1.78. The molecule has 0 atom stereocenters. The lowest BCUT2D eigenvalue weighted by Crippen LogP contribution is -2.48. The number of para-hydroxylation sites is 2. The number of carbonyl (C=O) groups is 1. The van der Waals surface area contributed by atoms with Crippen LogP contribution in [0.25, 0.3) is 0 Å². The Morgan fingerprint density at radius 3 is 2.22 bits per heavy atom. The maximum atomic E-state index is 12.2. The number of amides is 1. The van der Waals surface area contributed by atoms with Crippen LogP contribution in [0.4, 0.5) is 13.2 Å². The third-order valence-electron chi connectivity index (χ3n) is 3.45. The van der Waals surface area contributed by atoms with E-state index >= 15 is 0 Å². The molecule has 0 unspecified atom stereocenters. The maximum absolute atomic E-state index is 12.2. The monoisotopic (exact) mass is 332 g/mol. The lowest BCUT2D eigenvalue weighted by molar-refractivity contribution is -0.153. The molecule has 1 fully saturated rings. The van der Waals surface area contributed by atoms with Crippen molar-refractivity contribution in [2.75, 3.05) is 46.4 Å². The van der Waals surface area contributed by atoms with Crippen LogP contribution in [0.1, 0.15) is 0 Å². The lowest BCUT2D eigenvalue weighted by Gasteiger charge is -2.32. The van der Waals surface area contributed by atoms with Gasteiger partial charge in [-0.25, -0.2) is 0 Å². The summed E-state index contributed by atoms with van der Waals surface area (Å²) in [6, 6.07) is 6.00. The number of piperazine rings is 1. The Balaban J connectivity index is 1.89. The molecule has 8 heteroatoms. The summed E-state index contributed by atoms with van der Waals surface area (Å²) in [4.78, 5) is 15.9. The van der Waals surface area contributed by atoms with Crippen LogP contribution in [0, 0.1) is 0 Å². The van der Waals surface area contributed by atoms with Crippen molar-refractivity contribution in [3.8, 4) is 11.5 Å². The molecule has 0 saturated carbocycles. The van der Waals surface area contributed by atoms with Crippen molar-refractivity contribution >= 4 is 5.91 Å². The second kappa shape index (κ2) is 7.54. The summed E-state index contributed by atoms with van der Waals surface area (Å²) in [5.41, 5.74) is 0. The van der Waals surface area contributed by atoms with Crippen LogP contribution in [-0.4, -0.2) is 68.3 Å². The van der Waals surface area contributed by atoms with E-state index in [0.717, 1.165) is 13.1 Å². The SMILES string of the molecule is CN1CCN(C(=O)COc2ccccc2OCC(F)(F)F)CC1. The first-order valence-electron chi connectivity index (χ1n) is 7.23. The van der Waals surface area contributed by atoms with Gasteiger partial charge >= 0.3 is 6.18 Å². The Bertz CT molecular complexity index is 529. The smallest absolute Gasteiger partial charge is 0.422 e. The minimum atomic E-state index is -4.43. The van der Waals surface area contributed by atoms with Crippen molar-refractivity contribution in [3.05, 3.63) is 24.3 Å². The molecule has 1 aliphatic rings. The van der Waals surface area contributed by atoms with Crippen LogP contribution >= 0.6 is 0 Å². The first-order valence-corrected chi connectivity index (χ1v) is 7.23. The van der Waals surface area contributed by atoms with Gasteiger partial charge in [-0.3, -0.25) is 4.79 Å². The van der Waals surface area contributed by atoms with Gasteiger partial charge in [0.2, 0.25) is 0 Å². The third kappa shape index (κ3) is 5.63. The minimum Gasteiger partial charge on any atom is -0.480 e. The molecule has 0 radical (unpaired) electrons. The fourth-order valence-electron chi connectivity index (χ4n) is 2.13. The van der Waals surface area contributed by atoms with E-state index in [4.69, 9.17) is 9.47 Å². The molecule has 1 aliphatic heterocycles. The molecule has 1 amide bonds. The second-order valence-electron chi connectivity index (χ2n) is 5.32. The molecule has 1 aromatic rings. The van der Waals surface area contributed by atoms with E-state index in [1.807, 2.05) is 7.05 Å². The summed E-state index contributed by atoms with van der Waals surface area (Å²) in [5.74, 6) is -0.0982. The molecule has 2 rings (SSSR count). The molecular weight excluding hydrogens is 313 g/mol. The first-order chi connectivity index (χ1) is 10.8. The Morgan fingerprint density at radius 1 is 1.09 bits per heavy atom. The van der Waals surface area contributed by atoms with Gasteiger partial charge in [0.15, 0.2) is 24.7 Å².